The van der Waals surface area contributed by atoms with Gasteiger partial charge in [-0.05, 0) is 44.4 Å². The summed E-state index contributed by atoms with van der Waals surface area (Å²) in [5, 5.41) is 3.57. The standard InChI is InChI=1S/C16H26N2O/c1-2-9-18(11-13-3-4-13)12-16-8-7-15(19-16)10-17-14-5-6-14/h1,13-17H,3-12H2. The Morgan fingerprint density at radius 2 is 1.84 bits per heavy atom. The van der Waals surface area contributed by atoms with Crippen molar-refractivity contribution < 1.29 is 4.74 Å². The minimum Gasteiger partial charge on any atom is -0.372 e. The molecule has 0 spiro atoms. The van der Waals surface area contributed by atoms with Gasteiger partial charge in [-0.1, -0.05) is 5.92 Å². The Labute approximate surface area is 117 Å². The molecule has 0 aromatic rings. The molecule has 2 atom stereocenters. The number of nitrogens with one attached hydrogen (secondary N) is 1. The van der Waals surface area contributed by atoms with Gasteiger partial charge in [0.1, 0.15) is 0 Å². The van der Waals surface area contributed by atoms with Gasteiger partial charge in [-0.3, -0.25) is 4.90 Å². The van der Waals surface area contributed by atoms with Crippen molar-refractivity contribution in [2.75, 3.05) is 26.2 Å². The van der Waals surface area contributed by atoms with E-state index in [4.69, 9.17) is 11.2 Å². The zero-order valence-corrected chi connectivity index (χ0v) is 11.8. The van der Waals surface area contributed by atoms with Crippen molar-refractivity contribution in [3.63, 3.8) is 0 Å². The average molecular weight is 262 g/mol. The third-order valence-corrected chi connectivity index (χ3v) is 4.40. The summed E-state index contributed by atoms with van der Waals surface area (Å²) in [7, 11) is 0. The van der Waals surface area contributed by atoms with Crippen LogP contribution >= 0.6 is 0 Å². The smallest absolute Gasteiger partial charge is 0.0707 e. The number of ether oxygens (including phenoxy) is 1. The van der Waals surface area contributed by atoms with Crippen LogP contribution in [0.15, 0.2) is 0 Å². The highest BCUT2D eigenvalue weighted by Gasteiger charge is 2.30. The SMILES string of the molecule is C#CCN(CC1CC1)CC1CCC(CNC2CC2)O1. The van der Waals surface area contributed by atoms with Gasteiger partial charge in [0.05, 0.1) is 18.8 Å². The first-order valence-electron chi connectivity index (χ1n) is 7.88. The molecule has 1 saturated heterocycles. The summed E-state index contributed by atoms with van der Waals surface area (Å²) in [5.41, 5.74) is 0. The molecule has 1 N–H and O–H groups in total. The molecule has 106 valence electrons. The summed E-state index contributed by atoms with van der Waals surface area (Å²) in [6.45, 7) is 4.02. The van der Waals surface area contributed by atoms with Gasteiger partial charge >= 0.3 is 0 Å². The first-order valence-corrected chi connectivity index (χ1v) is 7.88. The second-order valence-corrected chi connectivity index (χ2v) is 6.48. The van der Waals surface area contributed by atoms with E-state index in [9.17, 15) is 0 Å². The largest absolute Gasteiger partial charge is 0.372 e. The second-order valence-electron chi connectivity index (χ2n) is 6.48. The maximum atomic E-state index is 6.15. The third-order valence-electron chi connectivity index (χ3n) is 4.40. The fourth-order valence-corrected chi connectivity index (χ4v) is 2.94. The molecule has 0 bridgehead atoms. The van der Waals surface area contributed by atoms with E-state index >= 15 is 0 Å². The highest BCUT2D eigenvalue weighted by atomic mass is 16.5. The molecule has 2 aliphatic carbocycles. The maximum Gasteiger partial charge on any atom is 0.0707 e. The summed E-state index contributed by atoms with van der Waals surface area (Å²) in [6.07, 6.45) is 14.2. The van der Waals surface area contributed by atoms with Crippen molar-refractivity contribution in [1.82, 2.24) is 10.2 Å². The van der Waals surface area contributed by atoms with Gasteiger partial charge in [0, 0.05) is 25.7 Å². The maximum absolute atomic E-state index is 6.15. The normalized spacial score (nSPS) is 30.7. The molecule has 0 amide bonds. The molecule has 1 heterocycles. The third kappa shape index (κ3) is 4.49. The molecule has 3 rings (SSSR count). The molecule has 0 radical (unpaired) electrons. The van der Waals surface area contributed by atoms with Crippen LogP contribution in [0.25, 0.3) is 0 Å². The Morgan fingerprint density at radius 3 is 2.53 bits per heavy atom. The van der Waals surface area contributed by atoms with Gasteiger partial charge in [0.25, 0.3) is 0 Å². The average Bonchev–Trinajstić information content (AvgIpc) is 3.30. The van der Waals surface area contributed by atoms with Gasteiger partial charge in [-0.25, -0.2) is 0 Å². The van der Waals surface area contributed by atoms with Crippen LogP contribution in [0.5, 0.6) is 0 Å². The number of rotatable bonds is 8. The molecule has 2 saturated carbocycles. The Balaban J connectivity index is 1.37. The second kappa shape index (κ2) is 6.26. The van der Waals surface area contributed by atoms with Crippen LogP contribution in [-0.4, -0.2) is 49.3 Å². The first kappa shape index (κ1) is 13.4. The van der Waals surface area contributed by atoms with Gasteiger partial charge < -0.3 is 10.1 Å². The molecular formula is C16H26N2O. The first-order chi connectivity index (χ1) is 9.33. The molecule has 3 heteroatoms. The van der Waals surface area contributed by atoms with Crippen molar-refractivity contribution in [3.05, 3.63) is 0 Å². The van der Waals surface area contributed by atoms with E-state index in [2.05, 4.69) is 16.1 Å². The number of hydrogen-bond acceptors (Lipinski definition) is 3. The van der Waals surface area contributed by atoms with Crippen molar-refractivity contribution in [3.8, 4) is 12.3 Å². The van der Waals surface area contributed by atoms with E-state index in [0.29, 0.717) is 12.2 Å². The lowest BCUT2D eigenvalue weighted by Gasteiger charge is -2.23. The molecule has 19 heavy (non-hydrogen) atoms. The molecule has 2 unspecified atom stereocenters. The summed E-state index contributed by atoms with van der Waals surface area (Å²) in [5.74, 6) is 3.70. The summed E-state index contributed by atoms with van der Waals surface area (Å²) in [6, 6.07) is 0.787. The van der Waals surface area contributed by atoms with Crippen molar-refractivity contribution in [2.24, 2.45) is 5.92 Å². The minimum atomic E-state index is 0.401. The highest BCUT2D eigenvalue weighted by Crippen LogP contribution is 2.30. The fourth-order valence-electron chi connectivity index (χ4n) is 2.94. The van der Waals surface area contributed by atoms with Crippen LogP contribution in [0.4, 0.5) is 0 Å². The summed E-state index contributed by atoms with van der Waals surface area (Å²) >= 11 is 0. The number of nitrogens with zero attached hydrogens (tertiary/aromatic N) is 1. The van der Waals surface area contributed by atoms with Crippen LogP contribution in [-0.2, 0) is 4.74 Å². The molecule has 3 nitrogen and oxygen atoms in total. The van der Waals surface area contributed by atoms with Gasteiger partial charge in [-0.15, -0.1) is 6.42 Å². The Kier molecular flexibility index (Phi) is 4.42. The Morgan fingerprint density at radius 1 is 1.05 bits per heavy atom. The number of terminal acetylenes is 1. The zero-order chi connectivity index (χ0) is 13.1. The topological polar surface area (TPSA) is 24.5 Å². The van der Waals surface area contributed by atoms with Gasteiger partial charge in [-0.2, -0.15) is 0 Å². The monoisotopic (exact) mass is 262 g/mol. The molecule has 0 aromatic heterocycles. The Hall–Kier alpha value is -0.560. The van der Waals surface area contributed by atoms with E-state index in [-0.39, 0.29) is 0 Å². The lowest BCUT2D eigenvalue weighted by Crippen LogP contribution is -2.35. The van der Waals surface area contributed by atoms with Crippen LogP contribution in [0.2, 0.25) is 0 Å². The van der Waals surface area contributed by atoms with Crippen molar-refractivity contribution >= 4 is 0 Å². The van der Waals surface area contributed by atoms with E-state index in [1.165, 1.54) is 45.1 Å². The fraction of sp³-hybridized carbons (Fsp3) is 0.875. The lowest BCUT2D eigenvalue weighted by molar-refractivity contribution is 0.0248. The molecule has 1 aliphatic heterocycles. The number of hydrogen-bond donors (Lipinski definition) is 1. The Bertz CT molecular complexity index is 330. The van der Waals surface area contributed by atoms with E-state index in [0.717, 1.165) is 31.6 Å². The quantitative estimate of drug-likeness (QED) is 0.673. The summed E-state index contributed by atoms with van der Waals surface area (Å²) in [4.78, 5) is 2.42. The minimum absolute atomic E-state index is 0.401. The predicted molar refractivity (Wildman–Crippen MR) is 76.9 cm³/mol. The summed E-state index contributed by atoms with van der Waals surface area (Å²) < 4.78 is 6.15. The molecule has 3 aliphatic rings. The highest BCUT2D eigenvalue weighted by molar-refractivity contribution is 4.92. The van der Waals surface area contributed by atoms with Crippen LogP contribution in [0.3, 0.4) is 0 Å². The molecular weight excluding hydrogens is 236 g/mol. The van der Waals surface area contributed by atoms with Crippen molar-refractivity contribution in [2.45, 2.75) is 56.8 Å². The van der Waals surface area contributed by atoms with E-state index in [1.54, 1.807) is 0 Å². The predicted octanol–water partition coefficient (Wildman–Crippen LogP) is 1.63. The van der Waals surface area contributed by atoms with Gasteiger partial charge in [0.2, 0.25) is 0 Å². The van der Waals surface area contributed by atoms with Crippen LogP contribution in [0.1, 0.15) is 38.5 Å². The van der Waals surface area contributed by atoms with Crippen molar-refractivity contribution in [1.29, 1.82) is 0 Å². The van der Waals surface area contributed by atoms with E-state index in [1.807, 2.05) is 0 Å². The van der Waals surface area contributed by atoms with E-state index < -0.39 is 0 Å². The lowest BCUT2D eigenvalue weighted by atomic mass is 10.2. The van der Waals surface area contributed by atoms with Crippen LogP contribution in [0, 0.1) is 18.3 Å². The zero-order valence-electron chi connectivity index (χ0n) is 11.8. The van der Waals surface area contributed by atoms with Crippen LogP contribution < -0.4 is 5.32 Å². The molecule has 0 aromatic carbocycles. The molecule has 3 fully saturated rings. The van der Waals surface area contributed by atoms with Gasteiger partial charge in [0.15, 0.2) is 0 Å².